The first-order chi connectivity index (χ1) is 10.3. The number of halogens is 1. The lowest BCUT2D eigenvalue weighted by molar-refractivity contribution is 0.201. The van der Waals surface area contributed by atoms with Gasteiger partial charge in [0.2, 0.25) is 0 Å². The van der Waals surface area contributed by atoms with E-state index in [1.807, 2.05) is 12.1 Å². The quantitative estimate of drug-likeness (QED) is 0.915. The molecule has 1 saturated heterocycles. The molecule has 0 amide bonds. The molecule has 0 aromatic heterocycles. The van der Waals surface area contributed by atoms with Gasteiger partial charge < -0.3 is 5.32 Å². The van der Waals surface area contributed by atoms with Gasteiger partial charge in [-0.05, 0) is 56.0 Å². The number of hydrogen-bond acceptors (Lipinski definition) is 2. The highest BCUT2D eigenvalue weighted by molar-refractivity contribution is 5.16. The summed E-state index contributed by atoms with van der Waals surface area (Å²) in [5.74, 6) is 0.712. The fourth-order valence-corrected chi connectivity index (χ4v) is 3.87. The van der Waals surface area contributed by atoms with Gasteiger partial charge in [-0.3, -0.25) is 4.90 Å². The van der Waals surface area contributed by atoms with Crippen LogP contribution in [0.4, 0.5) is 4.39 Å². The van der Waals surface area contributed by atoms with Crippen LogP contribution < -0.4 is 5.32 Å². The maximum atomic E-state index is 13.0. The van der Waals surface area contributed by atoms with E-state index in [4.69, 9.17) is 0 Å². The van der Waals surface area contributed by atoms with Crippen molar-refractivity contribution in [3.63, 3.8) is 0 Å². The van der Waals surface area contributed by atoms with E-state index in [-0.39, 0.29) is 5.82 Å². The van der Waals surface area contributed by atoms with Gasteiger partial charge >= 0.3 is 0 Å². The summed E-state index contributed by atoms with van der Waals surface area (Å²) in [6, 6.07) is 7.63. The van der Waals surface area contributed by atoms with E-state index in [9.17, 15) is 4.39 Å². The van der Waals surface area contributed by atoms with Crippen LogP contribution in [0.1, 0.15) is 44.1 Å². The van der Waals surface area contributed by atoms with Gasteiger partial charge in [-0.2, -0.15) is 0 Å². The lowest BCUT2D eigenvalue weighted by Gasteiger charge is -2.33. The molecule has 1 atom stereocenters. The molecule has 2 nitrogen and oxygen atoms in total. The third-order valence-corrected chi connectivity index (χ3v) is 5.05. The molecule has 21 heavy (non-hydrogen) atoms. The molecule has 0 bridgehead atoms. The number of rotatable bonds is 3. The second-order valence-corrected chi connectivity index (χ2v) is 6.67. The third kappa shape index (κ3) is 4.27. The first-order valence-electron chi connectivity index (χ1n) is 8.51. The fraction of sp³-hybridized carbons (Fsp3) is 0.667. The average molecular weight is 290 g/mol. The van der Waals surface area contributed by atoms with Crippen LogP contribution in [-0.2, 0) is 6.54 Å². The van der Waals surface area contributed by atoms with Crippen molar-refractivity contribution in [2.24, 2.45) is 5.92 Å². The van der Waals surface area contributed by atoms with Crippen LogP contribution in [0.2, 0.25) is 0 Å². The molecule has 1 N–H and O–H groups in total. The van der Waals surface area contributed by atoms with Crippen molar-refractivity contribution in [1.29, 1.82) is 0 Å². The molecule has 2 aliphatic rings. The Kier molecular flexibility index (Phi) is 5.26. The minimum atomic E-state index is -0.142. The molecule has 0 radical (unpaired) electrons. The van der Waals surface area contributed by atoms with E-state index in [2.05, 4.69) is 10.2 Å². The molecule has 116 valence electrons. The normalized spacial score (nSPS) is 25.7. The standard InChI is InChI=1S/C18H27FN2/c19-17-9-7-15(8-10-17)13-21-12-4-11-20-18(14-21)16-5-2-1-3-6-16/h7-10,16,18,20H,1-6,11-14H2. The molecular weight excluding hydrogens is 263 g/mol. The smallest absolute Gasteiger partial charge is 0.123 e. The molecule has 1 aromatic carbocycles. The Morgan fingerprint density at radius 3 is 2.57 bits per heavy atom. The van der Waals surface area contributed by atoms with Crippen LogP contribution in [0.3, 0.4) is 0 Å². The molecule has 1 aromatic rings. The number of nitrogens with one attached hydrogen (secondary N) is 1. The summed E-state index contributed by atoms with van der Waals surface area (Å²) >= 11 is 0. The van der Waals surface area contributed by atoms with Gasteiger partial charge in [-0.1, -0.05) is 31.4 Å². The van der Waals surface area contributed by atoms with Crippen LogP contribution in [0.5, 0.6) is 0 Å². The second-order valence-electron chi connectivity index (χ2n) is 6.67. The Hall–Kier alpha value is -0.930. The molecule has 1 aliphatic carbocycles. The van der Waals surface area contributed by atoms with Crippen molar-refractivity contribution in [1.82, 2.24) is 10.2 Å². The van der Waals surface area contributed by atoms with Gasteiger partial charge in [0.15, 0.2) is 0 Å². The number of nitrogens with zero attached hydrogens (tertiary/aromatic N) is 1. The van der Waals surface area contributed by atoms with Crippen LogP contribution in [0.25, 0.3) is 0 Å². The van der Waals surface area contributed by atoms with Crippen molar-refractivity contribution in [2.75, 3.05) is 19.6 Å². The molecule has 3 rings (SSSR count). The topological polar surface area (TPSA) is 15.3 Å². The lowest BCUT2D eigenvalue weighted by atomic mass is 9.83. The first-order valence-corrected chi connectivity index (χ1v) is 8.51. The van der Waals surface area contributed by atoms with Gasteiger partial charge in [0, 0.05) is 19.1 Å². The summed E-state index contributed by atoms with van der Waals surface area (Å²) in [7, 11) is 0. The molecule has 1 unspecified atom stereocenters. The van der Waals surface area contributed by atoms with Gasteiger partial charge in [-0.25, -0.2) is 4.39 Å². The third-order valence-electron chi connectivity index (χ3n) is 5.05. The van der Waals surface area contributed by atoms with E-state index >= 15 is 0 Å². The molecule has 1 heterocycles. The zero-order chi connectivity index (χ0) is 14.5. The highest BCUT2D eigenvalue weighted by atomic mass is 19.1. The Bertz CT molecular complexity index is 425. The van der Waals surface area contributed by atoms with Crippen LogP contribution in [-0.4, -0.2) is 30.6 Å². The maximum absolute atomic E-state index is 13.0. The summed E-state index contributed by atoms with van der Waals surface area (Å²) in [6.45, 7) is 4.38. The summed E-state index contributed by atoms with van der Waals surface area (Å²) in [5, 5.41) is 3.77. The predicted molar refractivity (Wildman–Crippen MR) is 84.7 cm³/mol. The minimum absolute atomic E-state index is 0.142. The highest BCUT2D eigenvalue weighted by Gasteiger charge is 2.26. The zero-order valence-electron chi connectivity index (χ0n) is 12.9. The predicted octanol–water partition coefficient (Wildman–Crippen LogP) is 3.57. The zero-order valence-corrected chi connectivity index (χ0v) is 12.9. The highest BCUT2D eigenvalue weighted by Crippen LogP contribution is 2.27. The molecule has 1 saturated carbocycles. The maximum Gasteiger partial charge on any atom is 0.123 e. The van der Waals surface area contributed by atoms with Crippen molar-refractivity contribution >= 4 is 0 Å². The molecule has 3 heteroatoms. The van der Waals surface area contributed by atoms with Gasteiger partial charge in [0.05, 0.1) is 0 Å². The Labute approximate surface area is 127 Å². The molecule has 0 spiro atoms. The van der Waals surface area contributed by atoms with E-state index in [0.717, 1.165) is 32.1 Å². The molecule has 2 fully saturated rings. The fourth-order valence-electron chi connectivity index (χ4n) is 3.87. The summed E-state index contributed by atoms with van der Waals surface area (Å²) in [4.78, 5) is 2.55. The lowest BCUT2D eigenvalue weighted by Crippen LogP contribution is -2.43. The van der Waals surface area contributed by atoms with Gasteiger partial charge in [-0.15, -0.1) is 0 Å². The summed E-state index contributed by atoms with van der Waals surface area (Å²) in [6.07, 6.45) is 8.22. The second kappa shape index (κ2) is 7.37. The molecular formula is C18H27FN2. The monoisotopic (exact) mass is 290 g/mol. The summed E-state index contributed by atoms with van der Waals surface area (Å²) < 4.78 is 13.0. The van der Waals surface area contributed by atoms with E-state index in [0.29, 0.717) is 6.04 Å². The van der Waals surface area contributed by atoms with Crippen molar-refractivity contribution in [2.45, 2.75) is 51.1 Å². The van der Waals surface area contributed by atoms with Crippen molar-refractivity contribution < 1.29 is 4.39 Å². The Balaban J connectivity index is 1.60. The number of benzene rings is 1. The van der Waals surface area contributed by atoms with E-state index < -0.39 is 0 Å². The number of hydrogen-bond donors (Lipinski definition) is 1. The van der Waals surface area contributed by atoms with Gasteiger partial charge in [0.25, 0.3) is 0 Å². The van der Waals surface area contributed by atoms with Crippen molar-refractivity contribution in [3.05, 3.63) is 35.6 Å². The van der Waals surface area contributed by atoms with Crippen molar-refractivity contribution in [3.8, 4) is 0 Å². The van der Waals surface area contributed by atoms with E-state index in [1.165, 1.54) is 44.1 Å². The van der Waals surface area contributed by atoms with Crippen LogP contribution in [0.15, 0.2) is 24.3 Å². The van der Waals surface area contributed by atoms with Crippen LogP contribution in [0, 0.1) is 11.7 Å². The van der Waals surface area contributed by atoms with E-state index in [1.54, 1.807) is 12.1 Å². The first kappa shape index (κ1) is 15.0. The Morgan fingerprint density at radius 2 is 1.81 bits per heavy atom. The van der Waals surface area contributed by atoms with Crippen LogP contribution >= 0.6 is 0 Å². The molecule has 1 aliphatic heterocycles. The van der Waals surface area contributed by atoms with Gasteiger partial charge in [0.1, 0.15) is 5.82 Å². The largest absolute Gasteiger partial charge is 0.312 e. The SMILES string of the molecule is Fc1ccc(CN2CCCNC(C3CCCCC3)C2)cc1. The average Bonchev–Trinajstić information content (AvgIpc) is 2.76. The minimum Gasteiger partial charge on any atom is -0.312 e. The Morgan fingerprint density at radius 1 is 1.05 bits per heavy atom. The summed E-state index contributed by atoms with van der Waals surface area (Å²) in [5.41, 5.74) is 1.22.